The van der Waals surface area contributed by atoms with Crippen molar-refractivity contribution in [3.05, 3.63) is 0 Å². The molecule has 0 spiro atoms. The summed E-state index contributed by atoms with van der Waals surface area (Å²) in [4.78, 5) is 29.5. The molecule has 0 aliphatic heterocycles. The number of hydrogen-bond donors (Lipinski definition) is 0. The molecule has 6 heteroatoms. The van der Waals surface area contributed by atoms with Gasteiger partial charge >= 0.3 is 17.9 Å². The first kappa shape index (κ1) is 56.2. The van der Waals surface area contributed by atoms with Gasteiger partial charge in [-0.25, -0.2) is 0 Å². The molecule has 0 aliphatic rings. The van der Waals surface area contributed by atoms with Gasteiger partial charge in [0.15, 0.2) is 0 Å². The Kier molecular flexibility index (Phi) is 90.0. The molecule has 260 valence electrons. The predicted octanol–water partition coefficient (Wildman–Crippen LogP) is 12.1. The summed E-state index contributed by atoms with van der Waals surface area (Å²) in [6, 6.07) is 0. The van der Waals surface area contributed by atoms with E-state index in [0.29, 0.717) is 19.8 Å². The molecule has 0 aliphatic carbocycles. The maximum Gasteiger partial charge on any atom is 0.302 e. The first-order chi connectivity index (χ1) is 20.0. The number of hydrogen-bond acceptors (Lipinski definition) is 6. The van der Waals surface area contributed by atoms with E-state index in [0.717, 1.165) is 0 Å². The molecule has 0 heterocycles. The van der Waals surface area contributed by atoms with Crippen molar-refractivity contribution in [2.24, 2.45) is 0 Å². The van der Waals surface area contributed by atoms with Crippen molar-refractivity contribution in [2.75, 3.05) is 19.8 Å². The average Bonchev–Trinajstić information content (AvgIpc) is 2.94. The zero-order valence-electron chi connectivity index (χ0n) is 31.4. The highest BCUT2D eigenvalue weighted by Gasteiger charge is 1.83. The summed E-state index contributed by atoms with van der Waals surface area (Å²) in [7, 11) is 0. The van der Waals surface area contributed by atoms with Gasteiger partial charge in [-0.05, 0) is 20.8 Å². The number of carbonyl (C=O) groups is 3. The van der Waals surface area contributed by atoms with Crippen molar-refractivity contribution in [3.63, 3.8) is 0 Å². The van der Waals surface area contributed by atoms with Crippen molar-refractivity contribution in [3.8, 4) is 0 Å². The molecule has 0 bridgehead atoms. The fourth-order valence-corrected chi connectivity index (χ4v) is 2.61. The molecule has 0 aromatic rings. The van der Waals surface area contributed by atoms with E-state index in [1.54, 1.807) is 20.8 Å². The Bertz CT molecular complexity index is 353. The van der Waals surface area contributed by atoms with E-state index < -0.39 is 0 Å². The van der Waals surface area contributed by atoms with Crippen LogP contribution in [0.1, 0.15) is 200 Å². The maximum absolute atomic E-state index is 9.82. The van der Waals surface area contributed by atoms with Crippen molar-refractivity contribution in [1.82, 2.24) is 0 Å². The summed E-state index contributed by atoms with van der Waals surface area (Å²) in [5.74, 6) is -0.632. The van der Waals surface area contributed by atoms with E-state index >= 15 is 0 Å². The lowest BCUT2D eigenvalue weighted by Crippen LogP contribution is -1.95. The van der Waals surface area contributed by atoms with Gasteiger partial charge in [0.25, 0.3) is 0 Å². The summed E-state index contributed by atoms with van der Waals surface area (Å²) in [6.07, 6.45) is 22.1. The number of ether oxygens (including phenoxy) is 3. The van der Waals surface area contributed by atoms with Crippen LogP contribution < -0.4 is 0 Å². The summed E-state index contributed by atoms with van der Waals surface area (Å²) < 4.78 is 13.2. The Hall–Kier alpha value is -1.59. The zero-order valence-corrected chi connectivity index (χ0v) is 31.4. The second-order valence-electron chi connectivity index (χ2n) is 9.60. The van der Waals surface area contributed by atoms with Crippen LogP contribution in [0, 0.1) is 0 Å². The SMILES string of the molecule is CCCCCC.CCCCCC.CCCCCC.CCCCCC.CCOC(C)=O.CCOC(C)=O.CCOC(C)=O. The van der Waals surface area contributed by atoms with Gasteiger partial charge in [0.1, 0.15) is 0 Å². The van der Waals surface area contributed by atoms with E-state index in [1.165, 1.54) is 124 Å². The van der Waals surface area contributed by atoms with Crippen LogP contribution in [0.3, 0.4) is 0 Å². The van der Waals surface area contributed by atoms with Crippen LogP contribution in [0.5, 0.6) is 0 Å². The molecular formula is C36H80O6. The fraction of sp³-hybridized carbons (Fsp3) is 0.917. The molecule has 0 saturated heterocycles. The maximum atomic E-state index is 9.82. The van der Waals surface area contributed by atoms with Gasteiger partial charge in [0, 0.05) is 20.8 Å². The summed E-state index contributed by atoms with van der Waals surface area (Å²) >= 11 is 0. The molecule has 0 radical (unpaired) electrons. The highest BCUT2D eigenvalue weighted by Crippen LogP contribution is 1.97. The number of rotatable bonds is 15. The standard InChI is InChI=1S/4C6H14.3C4H8O2/c4*1-3-5-6-4-2;3*1-3-6-4(2)5/h4*3-6H2,1-2H3;3*3H2,1-2H3. The van der Waals surface area contributed by atoms with Crippen molar-refractivity contribution in [1.29, 1.82) is 0 Å². The predicted molar refractivity (Wildman–Crippen MR) is 186 cm³/mol. The number of unbranched alkanes of at least 4 members (excludes halogenated alkanes) is 12. The van der Waals surface area contributed by atoms with Crippen LogP contribution in [-0.4, -0.2) is 37.7 Å². The lowest BCUT2D eigenvalue weighted by molar-refractivity contribution is -0.141. The summed E-state index contributed by atoms with van der Waals surface area (Å²) in [6.45, 7) is 28.8. The monoisotopic (exact) mass is 609 g/mol. The fourth-order valence-electron chi connectivity index (χ4n) is 2.61. The Morgan fingerprint density at radius 2 is 0.429 bits per heavy atom. The Morgan fingerprint density at radius 3 is 0.452 bits per heavy atom. The van der Waals surface area contributed by atoms with Crippen molar-refractivity contribution >= 4 is 17.9 Å². The molecule has 42 heavy (non-hydrogen) atoms. The topological polar surface area (TPSA) is 78.9 Å². The highest BCUT2D eigenvalue weighted by molar-refractivity contribution is 5.66. The van der Waals surface area contributed by atoms with Crippen molar-refractivity contribution in [2.45, 2.75) is 200 Å². The van der Waals surface area contributed by atoms with Gasteiger partial charge in [0.2, 0.25) is 0 Å². The molecule has 0 atom stereocenters. The Labute approximate surface area is 265 Å². The zero-order chi connectivity index (χ0) is 34.3. The minimum Gasteiger partial charge on any atom is -0.466 e. The third-order valence-corrected chi connectivity index (χ3v) is 4.87. The van der Waals surface area contributed by atoms with Gasteiger partial charge in [-0.3, -0.25) is 14.4 Å². The van der Waals surface area contributed by atoms with Crippen molar-refractivity contribution < 1.29 is 28.6 Å². The molecule has 0 N–H and O–H groups in total. The molecule has 0 amide bonds. The van der Waals surface area contributed by atoms with Crippen LogP contribution in [0.15, 0.2) is 0 Å². The van der Waals surface area contributed by atoms with Gasteiger partial charge in [0.05, 0.1) is 19.8 Å². The molecule has 0 aromatic heterocycles. The Morgan fingerprint density at radius 1 is 0.310 bits per heavy atom. The molecule has 6 nitrogen and oxygen atoms in total. The lowest BCUT2D eigenvalue weighted by atomic mass is 10.2. The molecule has 0 unspecified atom stereocenters. The van der Waals surface area contributed by atoms with E-state index in [9.17, 15) is 14.4 Å². The highest BCUT2D eigenvalue weighted by atomic mass is 16.5. The van der Waals surface area contributed by atoms with Crippen LogP contribution >= 0.6 is 0 Å². The summed E-state index contributed by atoms with van der Waals surface area (Å²) in [5, 5.41) is 0. The second kappa shape index (κ2) is 67.2. The number of carbonyl (C=O) groups excluding carboxylic acids is 3. The van der Waals surface area contributed by atoms with Crippen LogP contribution in [0.4, 0.5) is 0 Å². The minimum atomic E-state index is -0.211. The lowest BCUT2D eigenvalue weighted by Gasteiger charge is -1.89. The first-order valence-corrected chi connectivity index (χ1v) is 17.4. The molecular weight excluding hydrogens is 528 g/mol. The smallest absolute Gasteiger partial charge is 0.302 e. The van der Waals surface area contributed by atoms with Crippen LogP contribution in [-0.2, 0) is 28.6 Å². The van der Waals surface area contributed by atoms with Gasteiger partial charge < -0.3 is 14.2 Å². The van der Waals surface area contributed by atoms with Crippen LogP contribution in [0.2, 0.25) is 0 Å². The molecule has 0 fully saturated rings. The molecule has 0 aromatic carbocycles. The normalized spacial score (nSPS) is 8.43. The largest absolute Gasteiger partial charge is 0.466 e. The molecule has 0 rings (SSSR count). The van der Waals surface area contributed by atoms with E-state index in [1.807, 2.05) is 0 Å². The minimum absolute atomic E-state index is 0.211. The van der Waals surface area contributed by atoms with Crippen LogP contribution in [0.25, 0.3) is 0 Å². The number of esters is 3. The van der Waals surface area contributed by atoms with Gasteiger partial charge in [-0.1, -0.05) is 158 Å². The van der Waals surface area contributed by atoms with E-state index in [-0.39, 0.29) is 17.9 Å². The third-order valence-electron chi connectivity index (χ3n) is 4.87. The average molecular weight is 609 g/mol. The molecule has 0 saturated carbocycles. The second-order valence-corrected chi connectivity index (χ2v) is 9.60. The first-order valence-electron chi connectivity index (χ1n) is 17.4. The van der Waals surface area contributed by atoms with Gasteiger partial charge in [-0.2, -0.15) is 0 Å². The summed E-state index contributed by atoms with van der Waals surface area (Å²) in [5.41, 5.74) is 0. The van der Waals surface area contributed by atoms with E-state index in [4.69, 9.17) is 0 Å². The quantitative estimate of drug-likeness (QED) is 0.104. The third kappa shape index (κ3) is 143. The van der Waals surface area contributed by atoms with Gasteiger partial charge in [-0.15, -0.1) is 0 Å². The Balaban J connectivity index is -0.0000000681. The van der Waals surface area contributed by atoms with E-state index in [2.05, 4.69) is 69.6 Å².